The van der Waals surface area contributed by atoms with Crippen molar-refractivity contribution in [3.63, 3.8) is 0 Å². The highest BCUT2D eigenvalue weighted by Gasteiger charge is 2.26. The molecule has 1 aliphatic rings. The summed E-state index contributed by atoms with van der Waals surface area (Å²) in [6.45, 7) is 6.49. The van der Waals surface area contributed by atoms with Crippen LogP contribution in [0.1, 0.15) is 45.1 Å². The van der Waals surface area contributed by atoms with Gasteiger partial charge in [0.2, 0.25) is 10.0 Å². The highest BCUT2D eigenvalue weighted by molar-refractivity contribution is 7.90. The lowest BCUT2D eigenvalue weighted by atomic mass is 9.86. The minimum atomic E-state index is -3.14. The van der Waals surface area contributed by atoms with Gasteiger partial charge in [0, 0.05) is 18.3 Å². The van der Waals surface area contributed by atoms with E-state index >= 15 is 0 Å². The summed E-state index contributed by atoms with van der Waals surface area (Å²) < 4.78 is 26.6. The lowest BCUT2D eigenvalue weighted by Gasteiger charge is -2.29. The Hall–Kier alpha value is -1.07. The zero-order valence-corrected chi connectivity index (χ0v) is 14.6. The van der Waals surface area contributed by atoms with E-state index < -0.39 is 10.0 Å². The van der Waals surface area contributed by atoms with Crippen LogP contribution in [0.25, 0.3) is 0 Å². The Morgan fingerprint density at radius 2 is 1.68 bits per heavy atom. The number of sulfonamides is 1. The van der Waals surface area contributed by atoms with Gasteiger partial charge in [0.05, 0.1) is 5.25 Å². The van der Waals surface area contributed by atoms with Crippen LogP contribution in [-0.4, -0.2) is 26.3 Å². The van der Waals surface area contributed by atoms with E-state index in [2.05, 4.69) is 41.2 Å². The summed E-state index contributed by atoms with van der Waals surface area (Å²) in [6.07, 6.45) is 4.02. The van der Waals surface area contributed by atoms with Crippen LogP contribution in [0, 0.1) is 12.8 Å². The summed E-state index contributed by atoms with van der Waals surface area (Å²) in [6, 6.07) is 8.55. The number of hydrogen-bond donors (Lipinski definition) is 2. The molecule has 0 aromatic heterocycles. The third-order valence-corrected chi connectivity index (χ3v) is 6.35. The number of anilines is 1. The first kappa shape index (κ1) is 17.3. The minimum absolute atomic E-state index is 0.114. The van der Waals surface area contributed by atoms with E-state index in [-0.39, 0.29) is 11.3 Å². The molecule has 1 aliphatic carbocycles. The zero-order valence-electron chi connectivity index (χ0n) is 13.8. The first-order valence-corrected chi connectivity index (χ1v) is 9.73. The molecule has 0 bridgehead atoms. The van der Waals surface area contributed by atoms with Gasteiger partial charge in [-0.05, 0) is 64.5 Å². The maximum atomic E-state index is 11.9. The molecule has 1 saturated carbocycles. The Morgan fingerprint density at radius 1 is 1.09 bits per heavy atom. The second kappa shape index (κ2) is 7.47. The Morgan fingerprint density at radius 3 is 2.23 bits per heavy atom. The van der Waals surface area contributed by atoms with Gasteiger partial charge in [-0.25, -0.2) is 13.1 Å². The third kappa shape index (κ3) is 4.99. The number of aryl methyl sites for hydroxylation is 1. The molecule has 0 amide bonds. The van der Waals surface area contributed by atoms with Crippen molar-refractivity contribution in [3.05, 3.63) is 29.8 Å². The summed E-state index contributed by atoms with van der Waals surface area (Å²) in [5.41, 5.74) is 2.43. The quantitative estimate of drug-likeness (QED) is 0.844. The predicted molar refractivity (Wildman–Crippen MR) is 92.6 cm³/mol. The monoisotopic (exact) mass is 324 g/mol. The van der Waals surface area contributed by atoms with E-state index in [9.17, 15) is 8.42 Å². The van der Waals surface area contributed by atoms with Crippen LogP contribution in [-0.2, 0) is 10.0 Å². The topological polar surface area (TPSA) is 58.2 Å². The average Bonchev–Trinajstić information content (AvgIpc) is 2.48. The first-order valence-electron chi connectivity index (χ1n) is 8.18. The number of benzene rings is 1. The molecule has 2 rings (SSSR count). The SMILES string of the molecule is Cc1ccc(NCC2CCC(NS(=O)(=O)C(C)C)CC2)cc1. The van der Waals surface area contributed by atoms with Gasteiger partial charge in [0.1, 0.15) is 0 Å². The molecule has 22 heavy (non-hydrogen) atoms. The summed E-state index contributed by atoms with van der Waals surface area (Å²) in [4.78, 5) is 0. The largest absolute Gasteiger partial charge is 0.385 e. The van der Waals surface area contributed by atoms with Gasteiger partial charge in [0.15, 0.2) is 0 Å². The van der Waals surface area contributed by atoms with Gasteiger partial charge in [-0.15, -0.1) is 0 Å². The smallest absolute Gasteiger partial charge is 0.214 e. The zero-order chi connectivity index (χ0) is 16.2. The summed E-state index contributed by atoms with van der Waals surface area (Å²) in [7, 11) is -3.14. The van der Waals surface area contributed by atoms with E-state index in [1.165, 1.54) is 5.56 Å². The van der Waals surface area contributed by atoms with Gasteiger partial charge < -0.3 is 5.32 Å². The second-order valence-electron chi connectivity index (χ2n) is 6.68. The Bertz CT molecular complexity index is 559. The molecule has 0 saturated heterocycles. The van der Waals surface area contributed by atoms with E-state index in [4.69, 9.17) is 0 Å². The first-order chi connectivity index (χ1) is 10.4. The third-order valence-electron chi connectivity index (χ3n) is 4.44. The fourth-order valence-electron chi connectivity index (χ4n) is 2.79. The van der Waals surface area contributed by atoms with Crippen LogP contribution in [0.4, 0.5) is 5.69 Å². The molecular weight excluding hydrogens is 296 g/mol. The van der Waals surface area contributed by atoms with Crippen LogP contribution in [0.3, 0.4) is 0 Å². The summed E-state index contributed by atoms with van der Waals surface area (Å²) in [5.74, 6) is 0.626. The van der Waals surface area contributed by atoms with Crippen molar-refractivity contribution >= 4 is 15.7 Å². The molecule has 0 aliphatic heterocycles. The van der Waals surface area contributed by atoms with Crippen molar-refractivity contribution in [2.24, 2.45) is 5.92 Å². The van der Waals surface area contributed by atoms with Crippen LogP contribution >= 0.6 is 0 Å². The lowest BCUT2D eigenvalue weighted by Crippen LogP contribution is -2.41. The van der Waals surface area contributed by atoms with E-state index in [1.54, 1.807) is 13.8 Å². The van der Waals surface area contributed by atoms with Crippen LogP contribution in [0.2, 0.25) is 0 Å². The Balaban J connectivity index is 1.74. The van der Waals surface area contributed by atoms with E-state index in [0.29, 0.717) is 5.92 Å². The maximum Gasteiger partial charge on any atom is 0.214 e. The molecule has 0 radical (unpaired) electrons. The van der Waals surface area contributed by atoms with Crippen molar-refractivity contribution in [1.29, 1.82) is 0 Å². The van der Waals surface area contributed by atoms with E-state index in [0.717, 1.165) is 37.9 Å². The molecule has 0 unspecified atom stereocenters. The fourth-order valence-corrected chi connectivity index (χ4v) is 3.76. The molecular formula is C17H28N2O2S. The van der Waals surface area contributed by atoms with Gasteiger partial charge in [-0.1, -0.05) is 17.7 Å². The standard InChI is InChI=1S/C17H28N2O2S/c1-13(2)22(20,21)19-17-10-6-15(7-11-17)12-18-16-8-4-14(3)5-9-16/h4-5,8-9,13,15,17-19H,6-7,10-12H2,1-3H3. The van der Waals surface area contributed by atoms with E-state index in [1.807, 2.05) is 0 Å². The molecule has 1 fully saturated rings. The van der Waals surface area contributed by atoms with Crippen LogP contribution in [0.5, 0.6) is 0 Å². The molecule has 2 N–H and O–H groups in total. The van der Waals surface area contributed by atoms with Crippen LogP contribution < -0.4 is 10.0 Å². The van der Waals surface area contributed by atoms with Gasteiger partial charge in [-0.2, -0.15) is 0 Å². The van der Waals surface area contributed by atoms with Crippen molar-refractivity contribution in [3.8, 4) is 0 Å². The molecule has 5 heteroatoms. The minimum Gasteiger partial charge on any atom is -0.385 e. The molecule has 0 spiro atoms. The van der Waals surface area contributed by atoms with Gasteiger partial charge >= 0.3 is 0 Å². The van der Waals surface area contributed by atoms with Crippen molar-refractivity contribution in [1.82, 2.24) is 4.72 Å². The Labute approximate surface area is 134 Å². The number of hydrogen-bond acceptors (Lipinski definition) is 3. The highest BCUT2D eigenvalue weighted by Crippen LogP contribution is 2.25. The number of nitrogens with one attached hydrogen (secondary N) is 2. The maximum absolute atomic E-state index is 11.9. The molecule has 0 atom stereocenters. The van der Waals surface area contributed by atoms with Crippen molar-refractivity contribution in [2.45, 2.75) is 57.7 Å². The molecule has 124 valence electrons. The molecule has 1 aromatic rings. The lowest BCUT2D eigenvalue weighted by molar-refractivity contribution is 0.323. The molecule has 1 aromatic carbocycles. The van der Waals surface area contributed by atoms with Crippen LogP contribution in [0.15, 0.2) is 24.3 Å². The van der Waals surface area contributed by atoms with Gasteiger partial charge in [-0.3, -0.25) is 0 Å². The van der Waals surface area contributed by atoms with Crippen molar-refractivity contribution < 1.29 is 8.42 Å². The molecule has 0 heterocycles. The fraction of sp³-hybridized carbons (Fsp3) is 0.647. The van der Waals surface area contributed by atoms with Gasteiger partial charge in [0.25, 0.3) is 0 Å². The number of rotatable bonds is 6. The normalized spacial score (nSPS) is 22.7. The molecule has 4 nitrogen and oxygen atoms in total. The second-order valence-corrected chi connectivity index (χ2v) is 8.94. The summed E-state index contributed by atoms with van der Waals surface area (Å²) in [5, 5.41) is 3.13. The predicted octanol–water partition coefficient (Wildman–Crippen LogP) is 3.29. The van der Waals surface area contributed by atoms with Crippen molar-refractivity contribution in [2.75, 3.05) is 11.9 Å². The Kier molecular flexibility index (Phi) is 5.87. The average molecular weight is 324 g/mol. The highest BCUT2D eigenvalue weighted by atomic mass is 32.2. The summed E-state index contributed by atoms with van der Waals surface area (Å²) >= 11 is 0.